The van der Waals surface area contributed by atoms with Crippen molar-refractivity contribution in [2.45, 2.75) is 6.42 Å². The van der Waals surface area contributed by atoms with Crippen LogP contribution in [-0.4, -0.2) is 0 Å². The quantitative estimate of drug-likeness (QED) is 0.427. The summed E-state index contributed by atoms with van der Waals surface area (Å²) in [7, 11) is 0. The fourth-order valence-corrected chi connectivity index (χ4v) is 0.555. The summed E-state index contributed by atoms with van der Waals surface area (Å²) in [5.74, 6) is 0. The van der Waals surface area contributed by atoms with Crippen molar-refractivity contribution in [1.29, 1.82) is 0 Å². The number of allylic oxidation sites excluding steroid dienone is 2. The molecule has 0 aromatic rings. The van der Waals surface area contributed by atoms with E-state index >= 15 is 0 Å². The Labute approximate surface area is 42.1 Å². The first kappa shape index (κ1) is 3.62. The van der Waals surface area contributed by atoms with E-state index in [0.717, 1.165) is 16.2 Å². The highest BCUT2D eigenvalue weighted by Gasteiger charge is 2.10. The molecule has 0 bridgehead atoms. The molecule has 0 unspecified atom stereocenters. The van der Waals surface area contributed by atoms with Gasteiger partial charge in [0.15, 0.2) is 0 Å². The van der Waals surface area contributed by atoms with Crippen molar-refractivity contribution >= 4 is 25.3 Å². The molecule has 28 valence electrons. The minimum atomic E-state index is 1.03. The molecule has 0 saturated heterocycles. The molecule has 0 nitrogen and oxygen atoms in total. The van der Waals surface area contributed by atoms with E-state index in [1.54, 1.807) is 0 Å². The first-order chi connectivity index (χ1) is 2.30. The maximum atomic E-state index is 3.98. The van der Waals surface area contributed by atoms with E-state index in [1.165, 1.54) is 0 Å². The van der Waals surface area contributed by atoms with Gasteiger partial charge < -0.3 is 0 Å². The molecule has 0 aromatic carbocycles. The third kappa shape index (κ3) is 0.637. The second-order valence-corrected chi connectivity index (χ2v) is 2.15. The predicted octanol–water partition coefficient (Wildman–Crippen LogP) is 1.46. The summed E-state index contributed by atoms with van der Waals surface area (Å²) in [6, 6.07) is 0. The van der Waals surface area contributed by atoms with E-state index in [9.17, 15) is 0 Å². The smallest absolute Gasteiger partial charge is 0.0105 e. The molecule has 1 aliphatic carbocycles. The summed E-state index contributed by atoms with van der Waals surface area (Å²) in [4.78, 5) is 2.29. The molecule has 0 heterocycles. The number of rotatable bonds is 0. The summed E-state index contributed by atoms with van der Waals surface area (Å²) in [5, 5.41) is 0. The van der Waals surface area contributed by atoms with Crippen LogP contribution in [0.25, 0.3) is 0 Å². The number of thiol groups is 2. The summed E-state index contributed by atoms with van der Waals surface area (Å²) in [6.07, 6.45) is 1.03. The minimum Gasteiger partial charge on any atom is -0.147 e. The molecule has 0 amide bonds. The lowest BCUT2D eigenvalue weighted by atomic mass is 10.9. The zero-order valence-electron chi connectivity index (χ0n) is 2.60. The van der Waals surface area contributed by atoms with Crippen LogP contribution in [0.15, 0.2) is 9.81 Å². The van der Waals surface area contributed by atoms with E-state index in [-0.39, 0.29) is 0 Å². The van der Waals surface area contributed by atoms with Gasteiger partial charge in [-0.2, -0.15) is 0 Å². The highest BCUT2D eigenvalue weighted by Crippen LogP contribution is 2.36. The Hall–Kier alpha value is 0.440. The molecular weight excluding hydrogens is 100 g/mol. The molecule has 0 N–H and O–H groups in total. The topological polar surface area (TPSA) is 0 Å². The van der Waals surface area contributed by atoms with E-state index in [1.807, 2.05) is 0 Å². The summed E-state index contributed by atoms with van der Waals surface area (Å²) in [5.41, 5.74) is 0. The van der Waals surface area contributed by atoms with Crippen molar-refractivity contribution in [3.8, 4) is 0 Å². The van der Waals surface area contributed by atoms with Gasteiger partial charge in [0, 0.05) is 6.42 Å². The highest BCUT2D eigenvalue weighted by atomic mass is 32.1. The van der Waals surface area contributed by atoms with Gasteiger partial charge in [-0.05, 0) is 9.81 Å². The van der Waals surface area contributed by atoms with Gasteiger partial charge in [0.25, 0.3) is 0 Å². The van der Waals surface area contributed by atoms with Crippen molar-refractivity contribution in [2.75, 3.05) is 0 Å². The lowest BCUT2D eigenvalue weighted by Crippen LogP contribution is -1.19. The number of hydrogen-bond acceptors (Lipinski definition) is 2. The zero-order chi connectivity index (χ0) is 3.86. The van der Waals surface area contributed by atoms with E-state index < -0.39 is 0 Å². The van der Waals surface area contributed by atoms with Gasteiger partial charge in [0.2, 0.25) is 0 Å². The van der Waals surface area contributed by atoms with Crippen molar-refractivity contribution in [3.05, 3.63) is 9.81 Å². The Bertz CT molecular complexity index is 72.9. The van der Waals surface area contributed by atoms with Crippen LogP contribution in [0.3, 0.4) is 0 Å². The van der Waals surface area contributed by atoms with Crippen molar-refractivity contribution in [1.82, 2.24) is 0 Å². The molecule has 0 fully saturated rings. The Morgan fingerprint density at radius 3 is 1.40 bits per heavy atom. The molecule has 5 heavy (non-hydrogen) atoms. The molecule has 1 aliphatic rings. The second-order valence-electron chi connectivity index (χ2n) is 1.07. The van der Waals surface area contributed by atoms with E-state index in [4.69, 9.17) is 0 Å². The Morgan fingerprint density at radius 1 is 1.20 bits per heavy atom. The Morgan fingerprint density at radius 2 is 1.40 bits per heavy atom. The molecular formula is C3H4S2. The molecule has 2 heteroatoms. The van der Waals surface area contributed by atoms with Gasteiger partial charge >= 0.3 is 0 Å². The van der Waals surface area contributed by atoms with Crippen LogP contribution < -0.4 is 0 Å². The van der Waals surface area contributed by atoms with Gasteiger partial charge in [-0.15, -0.1) is 25.3 Å². The van der Waals surface area contributed by atoms with Crippen LogP contribution in [0.5, 0.6) is 0 Å². The fourth-order valence-electron chi connectivity index (χ4n) is 0.114. The first-order valence-corrected chi connectivity index (χ1v) is 2.30. The van der Waals surface area contributed by atoms with Crippen LogP contribution in [0.1, 0.15) is 6.42 Å². The standard InChI is InChI=1S/C3H4S2/c4-2-1-3(2)5/h4-5H,1H2. The molecule has 0 aliphatic heterocycles. The first-order valence-electron chi connectivity index (χ1n) is 1.40. The normalized spacial score (nSPS) is 20.4. The molecule has 0 radical (unpaired) electrons. The average molecular weight is 104 g/mol. The van der Waals surface area contributed by atoms with E-state index in [2.05, 4.69) is 25.3 Å². The van der Waals surface area contributed by atoms with Gasteiger partial charge in [0.1, 0.15) is 0 Å². The fraction of sp³-hybridized carbons (Fsp3) is 0.333. The number of hydrogen-bond donors (Lipinski definition) is 2. The lowest BCUT2D eigenvalue weighted by molar-refractivity contribution is 1.67. The molecule has 1 rings (SSSR count). The monoisotopic (exact) mass is 104 g/mol. The van der Waals surface area contributed by atoms with Crippen molar-refractivity contribution in [3.63, 3.8) is 0 Å². The van der Waals surface area contributed by atoms with Crippen LogP contribution in [0.4, 0.5) is 0 Å². The second kappa shape index (κ2) is 0.949. The largest absolute Gasteiger partial charge is 0.147 e. The molecule has 0 spiro atoms. The third-order valence-electron chi connectivity index (χ3n) is 0.543. The SMILES string of the molecule is SC1=C(S)C1. The third-order valence-corrected chi connectivity index (χ3v) is 1.58. The minimum absolute atomic E-state index is 1.03. The van der Waals surface area contributed by atoms with Crippen LogP contribution >= 0.6 is 25.3 Å². The van der Waals surface area contributed by atoms with Gasteiger partial charge in [-0.1, -0.05) is 0 Å². The van der Waals surface area contributed by atoms with Gasteiger partial charge in [-0.3, -0.25) is 0 Å². The van der Waals surface area contributed by atoms with Crippen LogP contribution in [-0.2, 0) is 0 Å². The molecule has 0 atom stereocenters. The summed E-state index contributed by atoms with van der Waals surface area (Å²) in [6.45, 7) is 0. The summed E-state index contributed by atoms with van der Waals surface area (Å²) < 4.78 is 0. The Kier molecular flexibility index (Phi) is 0.688. The van der Waals surface area contributed by atoms with E-state index in [0.29, 0.717) is 0 Å². The zero-order valence-corrected chi connectivity index (χ0v) is 4.39. The molecule has 0 saturated carbocycles. The average Bonchev–Trinajstić information content (AvgIpc) is 1.79. The summed E-state index contributed by atoms with van der Waals surface area (Å²) >= 11 is 7.95. The maximum absolute atomic E-state index is 3.98. The Balaban J connectivity index is 2.59. The van der Waals surface area contributed by atoms with Gasteiger partial charge in [-0.25, -0.2) is 0 Å². The maximum Gasteiger partial charge on any atom is 0.0105 e. The van der Waals surface area contributed by atoms with Crippen LogP contribution in [0, 0.1) is 0 Å². The van der Waals surface area contributed by atoms with Crippen LogP contribution in [0.2, 0.25) is 0 Å². The van der Waals surface area contributed by atoms with Crippen molar-refractivity contribution < 1.29 is 0 Å². The molecule has 0 aromatic heterocycles. The van der Waals surface area contributed by atoms with Crippen molar-refractivity contribution in [2.24, 2.45) is 0 Å². The highest BCUT2D eigenvalue weighted by molar-refractivity contribution is 7.90. The predicted molar refractivity (Wildman–Crippen MR) is 29.6 cm³/mol. The van der Waals surface area contributed by atoms with Gasteiger partial charge in [0.05, 0.1) is 0 Å². The lowest BCUT2D eigenvalue weighted by Gasteiger charge is -1.47.